The monoisotopic (exact) mass is 425 g/mol. The molecule has 9 radical (unpaired) electrons. The molecule has 0 rings (SSSR count). The number of rotatable bonds is 0. The van der Waals surface area contributed by atoms with E-state index in [0.29, 0.717) is 0 Å². The van der Waals surface area contributed by atoms with Crippen LogP contribution in [-0.2, 0) is 17.1 Å². The second-order valence-electron chi connectivity index (χ2n) is 0. The average Bonchev–Trinajstić information content (AvgIpc) is 0. The van der Waals surface area contributed by atoms with Crippen LogP contribution in [0.5, 0.6) is 0 Å². The van der Waals surface area contributed by atoms with Crippen LogP contribution >= 0.6 is 9.90 Å². The van der Waals surface area contributed by atoms with E-state index in [1.807, 2.05) is 0 Å². The van der Waals surface area contributed by atoms with Crippen molar-refractivity contribution >= 4 is 61.1 Å². The Morgan fingerprint density at radius 1 is 1.00 bits per heavy atom. The molecule has 0 aromatic rings. The fraction of sp³-hybridized carbons (Fsp3) is 0. The summed E-state index contributed by atoms with van der Waals surface area (Å²) in [6.07, 6.45) is 0. The van der Waals surface area contributed by atoms with Gasteiger partial charge in [0.2, 0.25) is 0 Å². The maximum Gasteiger partial charge on any atom is 0 e. The van der Waals surface area contributed by atoms with Crippen molar-refractivity contribution in [2.24, 2.45) is 0 Å². The first-order valence-electron chi connectivity index (χ1n) is 0. The van der Waals surface area contributed by atoms with Crippen LogP contribution in [0.2, 0.25) is 0 Å². The van der Waals surface area contributed by atoms with Gasteiger partial charge in [-0.2, -0.15) is 9.90 Å². The normalized spacial score (nSPS) is 0. The average molecular weight is 423 g/mol. The third-order valence-corrected chi connectivity index (χ3v) is 0. The largest absolute Gasteiger partial charge is 0.153 e. The molecule has 4 heteroatoms. The van der Waals surface area contributed by atoms with Crippen molar-refractivity contribution in [2.75, 3.05) is 0 Å². The summed E-state index contributed by atoms with van der Waals surface area (Å²) in [5, 5.41) is 0. The molecule has 1 atom stereocenters. The van der Waals surface area contributed by atoms with Crippen LogP contribution in [0, 0.1) is 0 Å². The van der Waals surface area contributed by atoms with Crippen LogP contribution in [-0.4, -0.2) is 51.2 Å². The van der Waals surface area contributed by atoms with E-state index in [9.17, 15) is 0 Å². The summed E-state index contributed by atoms with van der Waals surface area (Å²) in [7, 11) is 0. The van der Waals surface area contributed by atoms with Crippen LogP contribution in [0.15, 0.2) is 0 Å². The quantitative estimate of drug-likeness (QED) is 0.357. The van der Waals surface area contributed by atoms with Crippen molar-refractivity contribution in [3.05, 3.63) is 0 Å². The first-order chi connectivity index (χ1) is 0. The first kappa shape index (κ1) is 30.1. The molecule has 0 aliphatic heterocycles. The van der Waals surface area contributed by atoms with Gasteiger partial charge in [-0.15, -0.1) is 0 Å². The molecular weight excluding hydrogens is 420 g/mol. The first-order valence-corrected chi connectivity index (χ1v) is 0. The summed E-state index contributed by atoms with van der Waals surface area (Å²) in [6, 6.07) is 0. The van der Waals surface area contributed by atoms with Gasteiger partial charge in [0.25, 0.3) is 0 Å². The summed E-state index contributed by atoms with van der Waals surface area (Å²) < 4.78 is 0. The molecule has 1 unspecified atom stereocenters. The van der Waals surface area contributed by atoms with Crippen molar-refractivity contribution < 1.29 is 17.1 Å². The van der Waals surface area contributed by atoms with E-state index >= 15 is 0 Å². The van der Waals surface area contributed by atoms with Crippen LogP contribution in [0.25, 0.3) is 0 Å². The van der Waals surface area contributed by atoms with Crippen molar-refractivity contribution in [2.45, 2.75) is 0 Å². The zero-order valence-corrected chi connectivity index (χ0v) is 11.1. The number of hydrogen-bond acceptors (Lipinski definition) is 0. The topological polar surface area (TPSA) is 0 Å². The molecule has 4 heavy (non-hydrogen) atoms. The molecule has 0 spiro atoms. The van der Waals surface area contributed by atoms with Gasteiger partial charge in [-0.05, 0) is 0 Å². The van der Waals surface area contributed by atoms with E-state index in [4.69, 9.17) is 0 Å². The molecule has 0 aromatic carbocycles. The third kappa shape index (κ3) is 8.82. The van der Waals surface area contributed by atoms with Gasteiger partial charge in [-0.25, -0.2) is 0 Å². The second-order valence-corrected chi connectivity index (χ2v) is 0. The maximum atomic E-state index is 0. The zero-order valence-electron chi connectivity index (χ0n) is 2.01. The van der Waals surface area contributed by atoms with Gasteiger partial charge >= 0.3 is 0 Å². The van der Waals surface area contributed by atoms with E-state index in [1.54, 1.807) is 0 Å². The van der Waals surface area contributed by atoms with E-state index in [1.165, 1.54) is 0 Å². The van der Waals surface area contributed by atoms with Crippen LogP contribution in [0.3, 0.4) is 0 Å². The fourth-order valence-corrected chi connectivity index (χ4v) is 0. The van der Waals surface area contributed by atoms with E-state index in [2.05, 4.69) is 0 Å². The van der Waals surface area contributed by atoms with Gasteiger partial charge in [-0.3, -0.25) is 0 Å². The Hall–Kier alpha value is 2.67. The van der Waals surface area contributed by atoms with Crippen molar-refractivity contribution in [3.63, 3.8) is 0 Å². The van der Waals surface area contributed by atoms with Crippen molar-refractivity contribution in [1.29, 1.82) is 0 Å². The third-order valence-electron chi connectivity index (χ3n) is 0. The van der Waals surface area contributed by atoms with Gasteiger partial charge in [0, 0.05) is 68.3 Å². The van der Waals surface area contributed by atoms with Crippen molar-refractivity contribution in [1.82, 2.24) is 0 Å². The van der Waals surface area contributed by atoms with Crippen LogP contribution in [0.1, 0.15) is 0 Å². The van der Waals surface area contributed by atoms with E-state index in [0.717, 1.165) is 0 Å². The van der Waals surface area contributed by atoms with Gasteiger partial charge in [-0.1, -0.05) is 0 Å². The minimum atomic E-state index is 0. The Morgan fingerprint density at radius 2 is 1.00 bits per heavy atom. The minimum absolute atomic E-state index is 0. The summed E-state index contributed by atoms with van der Waals surface area (Å²) in [4.78, 5) is 0. The molecule has 0 aliphatic carbocycles. The van der Waals surface area contributed by atoms with E-state index < -0.39 is 0 Å². The summed E-state index contributed by atoms with van der Waals surface area (Å²) in [6.45, 7) is 0. The molecule has 0 nitrogen and oxygen atoms in total. The van der Waals surface area contributed by atoms with Crippen LogP contribution < -0.4 is 0 Å². The van der Waals surface area contributed by atoms with Gasteiger partial charge < -0.3 is 0 Å². The van der Waals surface area contributed by atoms with Gasteiger partial charge in [0.15, 0.2) is 0 Å². The molecule has 0 bridgehead atoms. The zero-order chi connectivity index (χ0) is 0. The molecular formula is H3CuPPbSn. The summed E-state index contributed by atoms with van der Waals surface area (Å²) in [5.74, 6) is 0. The second kappa shape index (κ2) is 17.3. The predicted octanol–water partition coefficient (Wildman–Crippen LogP) is -0.706. The summed E-state index contributed by atoms with van der Waals surface area (Å²) >= 11 is 0. The SMILES string of the molecule is P.[Cu].[Pb].[Sn]. The molecule has 0 saturated carbocycles. The molecule has 0 fully saturated rings. The molecule has 27 valence electrons. The molecule has 0 heterocycles. The van der Waals surface area contributed by atoms with Crippen molar-refractivity contribution in [3.8, 4) is 0 Å². The Bertz CT molecular complexity index is 8.00. The van der Waals surface area contributed by atoms with Gasteiger partial charge in [0.05, 0.1) is 0 Å². The standard InChI is InChI=1S/Cu.H3P.Pb.Sn/h;1H3;;. The molecule has 0 saturated heterocycles. The molecule has 0 amide bonds. The predicted molar refractivity (Wildman–Crippen MR) is 22.6 cm³/mol. The molecule has 0 N–H and O–H groups in total. The van der Waals surface area contributed by atoms with E-state index in [-0.39, 0.29) is 78.2 Å². The molecule has 0 aliphatic rings. The number of hydrogen-bond donors (Lipinski definition) is 0. The minimum Gasteiger partial charge on any atom is -0.153 e. The smallest absolute Gasteiger partial charge is 0 e. The van der Waals surface area contributed by atoms with Crippen LogP contribution in [0.4, 0.5) is 0 Å². The van der Waals surface area contributed by atoms with Gasteiger partial charge in [0.1, 0.15) is 0 Å². The Morgan fingerprint density at radius 3 is 1.00 bits per heavy atom. The molecule has 0 aromatic heterocycles. The Labute approximate surface area is 77.1 Å². The Balaban J connectivity index is 0. The summed E-state index contributed by atoms with van der Waals surface area (Å²) in [5.41, 5.74) is 0. The Kier molecular flexibility index (Phi) is 130. The fourth-order valence-electron chi connectivity index (χ4n) is 0. The maximum absolute atomic E-state index is 0.